The number of aromatic nitrogens is 1. The molecule has 2 heterocycles. The van der Waals surface area contributed by atoms with Gasteiger partial charge in [-0.3, -0.25) is 9.78 Å². The highest BCUT2D eigenvalue weighted by Crippen LogP contribution is 2.23. The number of rotatable bonds is 2. The third-order valence-corrected chi connectivity index (χ3v) is 3.22. The molecule has 0 aliphatic carbocycles. The zero-order valence-corrected chi connectivity index (χ0v) is 10.3. The average Bonchev–Trinajstić information content (AvgIpc) is 2.70. The van der Waals surface area contributed by atoms with Crippen LogP contribution < -0.4 is 0 Å². The van der Waals surface area contributed by atoms with Gasteiger partial charge in [-0.25, -0.2) is 0 Å². The fraction of sp³-hybridized carbons (Fsp3) is 0.200. The summed E-state index contributed by atoms with van der Waals surface area (Å²) in [6.07, 6.45) is 1.84. The standard InChI is InChI=1S/C15H14N2O/c1-11-6-7-13(16-8-11)10-17-9-12-4-2-3-5-14(12)15(17)18/h2-8H,9-10H2,1H3. The Morgan fingerprint density at radius 2 is 2.06 bits per heavy atom. The van der Waals surface area contributed by atoms with Crippen molar-refractivity contribution in [1.29, 1.82) is 0 Å². The van der Waals surface area contributed by atoms with Crippen LogP contribution in [0.4, 0.5) is 0 Å². The summed E-state index contributed by atoms with van der Waals surface area (Å²) < 4.78 is 0. The summed E-state index contributed by atoms with van der Waals surface area (Å²) >= 11 is 0. The second-order valence-corrected chi connectivity index (χ2v) is 4.65. The lowest BCUT2D eigenvalue weighted by atomic mass is 10.1. The first-order chi connectivity index (χ1) is 8.74. The molecule has 1 aromatic carbocycles. The van der Waals surface area contributed by atoms with Crippen molar-refractivity contribution in [3.05, 3.63) is 65.0 Å². The van der Waals surface area contributed by atoms with E-state index in [-0.39, 0.29) is 5.91 Å². The van der Waals surface area contributed by atoms with E-state index in [0.29, 0.717) is 13.1 Å². The first kappa shape index (κ1) is 11.0. The number of pyridine rings is 1. The summed E-state index contributed by atoms with van der Waals surface area (Å²) in [6, 6.07) is 11.8. The molecule has 90 valence electrons. The Bertz CT molecular complexity index is 590. The lowest BCUT2D eigenvalue weighted by Gasteiger charge is -2.14. The molecule has 1 aliphatic rings. The lowest BCUT2D eigenvalue weighted by Crippen LogP contribution is -2.23. The van der Waals surface area contributed by atoms with Crippen LogP contribution in [-0.4, -0.2) is 15.8 Å². The van der Waals surface area contributed by atoms with Crippen molar-refractivity contribution in [2.24, 2.45) is 0 Å². The number of carbonyl (C=O) groups excluding carboxylic acids is 1. The molecule has 2 aromatic rings. The van der Waals surface area contributed by atoms with Crippen molar-refractivity contribution < 1.29 is 4.79 Å². The summed E-state index contributed by atoms with van der Waals surface area (Å²) in [6.45, 7) is 3.27. The number of carbonyl (C=O) groups is 1. The fourth-order valence-electron chi connectivity index (χ4n) is 2.23. The van der Waals surface area contributed by atoms with E-state index in [2.05, 4.69) is 4.98 Å². The van der Waals surface area contributed by atoms with Gasteiger partial charge in [0.2, 0.25) is 0 Å². The zero-order valence-electron chi connectivity index (χ0n) is 10.3. The van der Waals surface area contributed by atoms with E-state index in [0.717, 1.165) is 22.4 Å². The Labute approximate surface area is 106 Å². The minimum atomic E-state index is 0.105. The van der Waals surface area contributed by atoms with Crippen LogP contribution in [0.2, 0.25) is 0 Å². The Morgan fingerprint density at radius 1 is 1.22 bits per heavy atom. The number of nitrogens with zero attached hydrogens (tertiary/aromatic N) is 2. The topological polar surface area (TPSA) is 33.2 Å². The van der Waals surface area contributed by atoms with E-state index < -0.39 is 0 Å². The van der Waals surface area contributed by atoms with E-state index in [4.69, 9.17) is 0 Å². The Morgan fingerprint density at radius 3 is 2.78 bits per heavy atom. The van der Waals surface area contributed by atoms with Gasteiger partial charge in [-0.1, -0.05) is 24.3 Å². The van der Waals surface area contributed by atoms with E-state index >= 15 is 0 Å². The maximum Gasteiger partial charge on any atom is 0.254 e. The summed E-state index contributed by atoms with van der Waals surface area (Å²) in [4.78, 5) is 18.3. The molecule has 0 radical (unpaired) electrons. The molecular weight excluding hydrogens is 224 g/mol. The SMILES string of the molecule is Cc1ccc(CN2Cc3ccccc3C2=O)nc1. The molecular formula is C15H14N2O. The number of aryl methyl sites for hydroxylation is 1. The van der Waals surface area contributed by atoms with Gasteiger partial charge < -0.3 is 4.90 Å². The fourth-order valence-corrected chi connectivity index (χ4v) is 2.23. The quantitative estimate of drug-likeness (QED) is 0.805. The molecule has 0 bridgehead atoms. The van der Waals surface area contributed by atoms with Crippen LogP contribution in [-0.2, 0) is 13.1 Å². The van der Waals surface area contributed by atoms with Crippen LogP contribution in [0.1, 0.15) is 27.2 Å². The highest BCUT2D eigenvalue weighted by atomic mass is 16.2. The maximum atomic E-state index is 12.2. The molecule has 1 amide bonds. The molecule has 0 spiro atoms. The second-order valence-electron chi connectivity index (χ2n) is 4.65. The Balaban J connectivity index is 1.81. The van der Waals surface area contributed by atoms with Crippen LogP contribution in [0.15, 0.2) is 42.6 Å². The number of hydrogen-bond acceptors (Lipinski definition) is 2. The van der Waals surface area contributed by atoms with Gasteiger partial charge in [-0.05, 0) is 30.2 Å². The number of fused-ring (bicyclic) bond motifs is 1. The molecule has 0 atom stereocenters. The molecule has 3 heteroatoms. The van der Waals surface area contributed by atoms with Crippen molar-refractivity contribution in [3.8, 4) is 0 Å². The summed E-state index contributed by atoms with van der Waals surface area (Å²) in [7, 11) is 0. The van der Waals surface area contributed by atoms with Gasteiger partial charge >= 0.3 is 0 Å². The first-order valence-corrected chi connectivity index (χ1v) is 6.03. The van der Waals surface area contributed by atoms with Crippen LogP contribution in [0, 0.1) is 6.92 Å². The Hall–Kier alpha value is -2.16. The minimum absolute atomic E-state index is 0.105. The van der Waals surface area contributed by atoms with Gasteiger partial charge in [0.1, 0.15) is 0 Å². The first-order valence-electron chi connectivity index (χ1n) is 6.03. The summed E-state index contributed by atoms with van der Waals surface area (Å²) in [5, 5.41) is 0. The zero-order chi connectivity index (χ0) is 12.5. The highest BCUT2D eigenvalue weighted by molar-refractivity contribution is 5.98. The molecule has 0 N–H and O–H groups in total. The number of hydrogen-bond donors (Lipinski definition) is 0. The van der Waals surface area contributed by atoms with Crippen molar-refractivity contribution in [3.63, 3.8) is 0 Å². The molecule has 0 saturated carbocycles. The van der Waals surface area contributed by atoms with Gasteiger partial charge in [0.05, 0.1) is 12.2 Å². The van der Waals surface area contributed by atoms with Gasteiger partial charge in [-0.2, -0.15) is 0 Å². The summed E-state index contributed by atoms with van der Waals surface area (Å²) in [5.74, 6) is 0.105. The van der Waals surface area contributed by atoms with E-state index in [9.17, 15) is 4.79 Å². The van der Waals surface area contributed by atoms with E-state index in [1.165, 1.54) is 0 Å². The highest BCUT2D eigenvalue weighted by Gasteiger charge is 2.26. The molecule has 3 rings (SSSR count). The summed E-state index contributed by atoms with van der Waals surface area (Å²) in [5.41, 5.74) is 4.00. The van der Waals surface area contributed by atoms with Crippen molar-refractivity contribution in [2.75, 3.05) is 0 Å². The van der Waals surface area contributed by atoms with Gasteiger partial charge in [-0.15, -0.1) is 0 Å². The third kappa shape index (κ3) is 1.88. The molecule has 0 saturated heterocycles. The van der Waals surface area contributed by atoms with Crippen LogP contribution in [0.3, 0.4) is 0 Å². The van der Waals surface area contributed by atoms with Crippen molar-refractivity contribution in [2.45, 2.75) is 20.0 Å². The maximum absolute atomic E-state index is 12.2. The monoisotopic (exact) mass is 238 g/mol. The van der Waals surface area contributed by atoms with E-state index in [1.807, 2.05) is 54.4 Å². The third-order valence-electron chi connectivity index (χ3n) is 3.22. The van der Waals surface area contributed by atoms with Crippen molar-refractivity contribution in [1.82, 2.24) is 9.88 Å². The molecule has 3 nitrogen and oxygen atoms in total. The largest absolute Gasteiger partial charge is 0.328 e. The van der Waals surface area contributed by atoms with Crippen LogP contribution in [0.25, 0.3) is 0 Å². The normalized spacial score (nSPS) is 13.8. The Kier molecular flexibility index (Phi) is 2.59. The second kappa shape index (κ2) is 4.26. The average molecular weight is 238 g/mol. The van der Waals surface area contributed by atoms with Gasteiger partial charge in [0, 0.05) is 18.3 Å². The molecule has 1 aromatic heterocycles. The molecule has 18 heavy (non-hydrogen) atoms. The van der Waals surface area contributed by atoms with Gasteiger partial charge in [0.15, 0.2) is 0 Å². The molecule has 1 aliphatic heterocycles. The predicted molar refractivity (Wildman–Crippen MR) is 69.0 cm³/mol. The molecule has 0 unspecified atom stereocenters. The number of benzene rings is 1. The minimum Gasteiger partial charge on any atom is -0.328 e. The van der Waals surface area contributed by atoms with Crippen molar-refractivity contribution >= 4 is 5.91 Å². The lowest BCUT2D eigenvalue weighted by molar-refractivity contribution is 0.0764. The number of amides is 1. The van der Waals surface area contributed by atoms with Crippen LogP contribution >= 0.6 is 0 Å². The van der Waals surface area contributed by atoms with Gasteiger partial charge in [0.25, 0.3) is 5.91 Å². The molecule has 0 fully saturated rings. The smallest absolute Gasteiger partial charge is 0.254 e. The van der Waals surface area contributed by atoms with E-state index in [1.54, 1.807) is 0 Å². The van der Waals surface area contributed by atoms with Crippen LogP contribution in [0.5, 0.6) is 0 Å². The predicted octanol–water partition coefficient (Wildman–Crippen LogP) is 2.55.